The van der Waals surface area contributed by atoms with Crippen molar-refractivity contribution in [2.45, 2.75) is 17.9 Å². The highest BCUT2D eigenvalue weighted by molar-refractivity contribution is 7.89. The van der Waals surface area contributed by atoms with Gasteiger partial charge in [0.1, 0.15) is 18.1 Å². The number of rotatable bonds is 9. The smallest absolute Gasteiger partial charge is 0.260 e. The van der Waals surface area contributed by atoms with Crippen molar-refractivity contribution in [3.63, 3.8) is 0 Å². The molecule has 3 rings (SSSR count). The van der Waals surface area contributed by atoms with E-state index in [4.69, 9.17) is 14.2 Å². The summed E-state index contributed by atoms with van der Waals surface area (Å²) in [5.74, 6) is 0.914. The van der Waals surface area contributed by atoms with Gasteiger partial charge in [-0.1, -0.05) is 18.2 Å². The van der Waals surface area contributed by atoms with Crippen LogP contribution in [-0.2, 0) is 19.6 Å². The molecule has 9 heteroatoms. The van der Waals surface area contributed by atoms with Gasteiger partial charge in [-0.25, -0.2) is 8.42 Å². The molecule has 1 aliphatic heterocycles. The molecule has 1 fully saturated rings. The number of amides is 1. The zero-order valence-corrected chi connectivity index (χ0v) is 17.6. The van der Waals surface area contributed by atoms with Gasteiger partial charge in [0.25, 0.3) is 5.91 Å². The van der Waals surface area contributed by atoms with Gasteiger partial charge in [-0.3, -0.25) is 4.79 Å². The van der Waals surface area contributed by atoms with Crippen LogP contribution in [0.5, 0.6) is 11.5 Å². The predicted octanol–water partition coefficient (Wildman–Crippen LogP) is 1.67. The Balaban J connectivity index is 1.42. The molecule has 1 saturated heterocycles. The van der Waals surface area contributed by atoms with E-state index in [2.05, 4.69) is 5.32 Å². The summed E-state index contributed by atoms with van der Waals surface area (Å²) in [6.07, 6.45) is -0.628. The maximum atomic E-state index is 12.6. The predicted molar refractivity (Wildman–Crippen MR) is 111 cm³/mol. The second kappa shape index (κ2) is 10.4. The van der Waals surface area contributed by atoms with Crippen LogP contribution in [0.2, 0.25) is 0 Å². The lowest BCUT2D eigenvalue weighted by Crippen LogP contribution is -2.40. The zero-order valence-electron chi connectivity index (χ0n) is 16.8. The van der Waals surface area contributed by atoms with Crippen molar-refractivity contribution in [2.75, 3.05) is 39.5 Å². The molecule has 162 valence electrons. The summed E-state index contributed by atoms with van der Waals surface area (Å²) in [5, 5.41) is 2.75. The van der Waals surface area contributed by atoms with Gasteiger partial charge in [-0.05, 0) is 43.3 Å². The molecule has 1 amide bonds. The first-order chi connectivity index (χ1) is 14.5. The van der Waals surface area contributed by atoms with Crippen molar-refractivity contribution in [1.29, 1.82) is 0 Å². The van der Waals surface area contributed by atoms with Crippen molar-refractivity contribution in [2.24, 2.45) is 0 Å². The van der Waals surface area contributed by atoms with Gasteiger partial charge in [0.05, 0.1) is 24.7 Å². The summed E-state index contributed by atoms with van der Waals surface area (Å²) < 4.78 is 43.0. The molecule has 0 radical (unpaired) electrons. The average Bonchev–Trinajstić information content (AvgIpc) is 2.78. The van der Waals surface area contributed by atoms with E-state index in [1.54, 1.807) is 31.2 Å². The van der Waals surface area contributed by atoms with E-state index in [0.717, 1.165) is 0 Å². The number of para-hydroxylation sites is 1. The lowest BCUT2D eigenvalue weighted by atomic mass is 10.3. The number of sulfonamides is 1. The minimum absolute atomic E-state index is 0.219. The van der Waals surface area contributed by atoms with Crippen molar-refractivity contribution in [1.82, 2.24) is 9.62 Å². The number of carbonyl (C=O) groups excluding carboxylic acids is 1. The first kappa shape index (κ1) is 22.1. The zero-order chi connectivity index (χ0) is 21.4. The maximum Gasteiger partial charge on any atom is 0.260 e. The van der Waals surface area contributed by atoms with Gasteiger partial charge < -0.3 is 19.5 Å². The van der Waals surface area contributed by atoms with Gasteiger partial charge in [0, 0.05) is 13.1 Å². The van der Waals surface area contributed by atoms with Crippen LogP contribution in [0.1, 0.15) is 6.92 Å². The SMILES string of the molecule is C[C@@H](Oc1ccccc1)C(=O)NCCOc1ccc(S(=O)(=O)N2CCOCC2)cc1. The van der Waals surface area contributed by atoms with Gasteiger partial charge in [-0.2, -0.15) is 4.31 Å². The minimum atomic E-state index is -3.52. The van der Waals surface area contributed by atoms with E-state index in [0.29, 0.717) is 44.3 Å². The van der Waals surface area contributed by atoms with Crippen molar-refractivity contribution in [3.05, 3.63) is 54.6 Å². The Hall–Kier alpha value is -2.62. The molecule has 0 aliphatic carbocycles. The largest absolute Gasteiger partial charge is 0.492 e. The number of hydrogen-bond acceptors (Lipinski definition) is 6. The highest BCUT2D eigenvalue weighted by atomic mass is 32.2. The van der Waals surface area contributed by atoms with Gasteiger partial charge in [-0.15, -0.1) is 0 Å². The normalized spacial score (nSPS) is 15.9. The second-order valence-electron chi connectivity index (χ2n) is 6.70. The van der Waals surface area contributed by atoms with Gasteiger partial charge in [0.2, 0.25) is 10.0 Å². The molecule has 1 atom stereocenters. The molecule has 2 aromatic rings. The first-order valence-corrected chi connectivity index (χ1v) is 11.2. The molecule has 30 heavy (non-hydrogen) atoms. The lowest BCUT2D eigenvalue weighted by molar-refractivity contribution is -0.127. The Kier molecular flexibility index (Phi) is 7.67. The van der Waals surface area contributed by atoms with Crippen molar-refractivity contribution >= 4 is 15.9 Å². The molecule has 2 aromatic carbocycles. The fourth-order valence-corrected chi connectivity index (χ4v) is 4.30. The first-order valence-electron chi connectivity index (χ1n) is 9.77. The summed E-state index contributed by atoms with van der Waals surface area (Å²) in [6, 6.07) is 15.4. The molecule has 0 aromatic heterocycles. The highest BCUT2D eigenvalue weighted by Crippen LogP contribution is 2.20. The third-order valence-corrected chi connectivity index (χ3v) is 6.44. The lowest BCUT2D eigenvalue weighted by Gasteiger charge is -2.26. The number of hydrogen-bond donors (Lipinski definition) is 1. The number of morpholine rings is 1. The van der Waals surface area contributed by atoms with Crippen LogP contribution in [0.15, 0.2) is 59.5 Å². The maximum absolute atomic E-state index is 12.6. The van der Waals surface area contributed by atoms with Crippen LogP contribution >= 0.6 is 0 Å². The summed E-state index contributed by atoms with van der Waals surface area (Å²) in [6.45, 7) is 3.74. The van der Waals surface area contributed by atoms with E-state index in [9.17, 15) is 13.2 Å². The molecule has 1 aliphatic rings. The van der Waals surface area contributed by atoms with E-state index < -0.39 is 16.1 Å². The van der Waals surface area contributed by atoms with Crippen LogP contribution < -0.4 is 14.8 Å². The number of carbonyl (C=O) groups is 1. The van der Waals surface area contributed by atoms with Crippen LogP contribution in [0.4, 0.5) is 0 Å². The molecule has 1 N–H and O–H groups in total. The summed E-state index contributed by atoms with van der Waals surface area (Å²) in [5.41, 5.74) is 0. The molecule has 0 unspecified atom stereocenters. The Morgan fingerprint density at radius 3 is 2.40 bits per heavy atom. The van der Waals surface area contributed by atoms with Crippen LogP contribution in [0, 0.1) is 0 Å². The van der Waals surface area contributed by atoms with Gasteiger partial charge >= 0.3 is 0 Å². The second-order valence-corrected chi connectivity index (χ2v) is 8.64. The summed E-state index contributed by atoms with van der Waals surface area (Å²) in [4.78, 5) is 12.3. The topological polar surface area (TPSA) is 94.2 Å². The van der Waals surface area contributed by atoms with Crippen LogP contribution in [-0.4, -0.2) is 64.2 Å². The Labute approximate surface area is 176 Å². The van der Waals surface area contributed by atoms with Crippen LogP contribution in [0.25, 0.3) is 0 Å². The van der Waals surface area contributed by atoms with Crippen molar-refractivity contribution < 1.29 is 27.4 Å². The van der Waals surface area contributed by atoms with E-state index in [-0.39, 0.29) is 17.4 Å². The van der Waals surface area contributed by atoms with Crippen molar-refractivity contribution in [3.8, 4) is 11.5 Å². The molecule has 0 spiro atoms. The Morgan fingerprint density at radius 2 is 1.73 bits per heavy atom. The quantitative estimate of drug-likeness (QED) is 0.604. The number of ether oxygens (including phenoxy) is 3. The molecule has 0 bridgehead atoms. The Bertz CT molecular complexity index is 912. The van der Waals surface area contributed by atoms with Gasteiger partial charge in [0.15, 0.2) is 6.10 Å². The standard InChI is InChI=1S/C21H26N2O6S/c1-17(29-19-5-3-2-4-6-19)21(24)22-11-14-28-18-7-9-20(10-8-18)30(25,26)23-12-15-27-16-13-23/h2-10,17H,11-16H2,1H3,(H,22,24)/t17-/m1/s1. The molecule has 1 heterocycles. The number of nitrogens with one attached hydrogen (secondary N) is 1. The fourth-order valence-electron chi connectivity index (χ4n) is 2.89. The van der Waals surface area contributed by atoms with E-state index in [1.165, 1.54) is 16.4 Å². The number of nitrogens with zero attached hydrogens (tertiary/aromatic N) is 1. The molecule has 0 saturated carbocycles. The van der Waals surface area contributed by atoms with E-state index >= 15 is 0 Å². The summed E-state index contributed by atoms with van der Waals surface area (Å²) in [7, 11) is -3.52. The highest BCUT2D eigenvalue weighted by Gasteiger charge is 2.26. The summed E-state index contributed by atoms with van der Waals surface area (Å²) >= 11 is 0. The molecule has 8 nitrogen and oxygen atoms in total. The minimum Gasteiger partial charge on any atom is -0.492 e. The Morgan fingerprint density at radius 1 is 1.07 bits per heavy atom. The monoisotopic (exact) mass is 434 g/mol. The van der Waals surface area contributed by atoms with E-state index in [1.807, 2.05) is 18.2 Å². The average molecular weight is 435 g/mol. The fraction of sp³-hybridized carbons (Fsp3) is 0.381. The van der Waals surface area contributed by atoms with Crippen LogP contribution in [0.3, 0.4) is 0 Å². The molecular weight excluding hydrogens is 408 g/mol. The number of benzene rings is 2. The molecular formula is C21H26N2O6S. The third kappa shape index (κ3) is 5.94. The third-order valence-electron chi connectivity index (χ3n) is 4.53.